The van der Waals surface area contributed by atoms with E-state index in [4.69, 9.17) is 0 Å². The molecule has 154 valence electrons. The lowest BCUT2D eigenvalue weighted by Crippen LogP contribution is -2.21. The standard InChI is InChI=1S/C24H20N4O3/c25-15-21(24(29)26-22-11-13-23(14-12-22)28(30)31)18-27(16-19-7-3-1-4-8-19)17-20-9-5-2-6-10-20/h1-14,18H,16-17H2,(H,26,29)/b21-18-. The van der Waals surface area contributed by atoms with Crippen LogP contribution in [0.1, 0.15) is 11.1 Å². The number of amides is 1. The zero-order valence-electron chi connectivity index (χ0n) is 16.6. The first-order valence-corrected chi connectivity index (χ1v) is 9.55. The largest absolute Gasteiger partial charge is 0.367 e. The van der Waals surface area contributed by atoms with Gasteiger partial charge in [-0.1, -0.05) is 60.7 Å². The van der Waals surface area contributed by atoms with E-state index in [0.29, 0.717) is 18.8 Å². The molecule has 0 bridgehead atoms. The molecule has 3 aromatic rings. The number of nitrogens with one attached hydrogen (secondary N) is 1. The van der Waals surface area contributed by atoms with Gasteiger partial charge < -0.3 is 10.2 Å². The van der Waals surface area contributed by atoms with Crippen LogP contribution >= 0.6 is 0 Å². The zero-order chi connectivity index (χ0) is 22.1. The van der Waals surface area contributed by atoms with Crippen molar-refractivity contribution in [3.63, 3.8) is 0 Å². The van der Waals surface area contributed by atoms with Gasteiger partial charge in [-0.3, -0.25) is 14.9 Å². The summed E-state index contributed by atoms with van der Waals surface area (Å²) in [6.45, 7) is 1.04. The van der Waals surface area contributed by atoms with Crippen LogP contribution < -0.4 is 5.32 Å². The number of hydrogen-bond acceptors (Lipinski definition) is 5. The Balaban J connectivity index is 1.80. The molecule has 1 amide bonds. The first-order valence-electron chi connectivity index (χ1n) is 9.55. The van der Waals surface area contributed by atoms with Crippen LogP contribution in [-0.2, 0) is 17.9 Å². The van der Waals surface area contributed by atoms with Crippen molar-refractivity contribution < 1.29 is 9.72 Å². The Labute approximate surface area is 180 Å². The van der Waals surface area contributed by atoms with Crippen molar-refractivity contribution in [2.24, 2.45) is 0 Å². The second kappa shape index (κ2) is 10.4. The first-order chi connectivity index (χ1) is 15.0. The van der Waals surface area contributed by atoms with Gasteiger partial charge in [0.25, 0.3) is 11.6 Å². The fourth-order valence-corrected chi connectivity index (χ4v) is 2.97. The van der Waals surface area contributed by atoms with Gasteiger partial charge in [-0.2, -0.15) is 5.26 Å². The summed E-state index contributed by atoms with van der Waals surface area (Å²) in [5, 5.41) is 23.0. The highest BCUT2D eigenvalue weighted by Crippen LogP contribution is 2.17. The Morgan fingerprint density at radius 1 is 0.935 bits per heavy atom. The van der Waals surface area contributed by atoms with Crippen molar-refractivity contribution >= 4 is 17.3 Å². The molecule has 0 aromatic heterocycles. The number of hydrogen-bond donors (Lipinski definition) is 1. The summed E-state index contributed by atoms with van der Waals surface area (Å²) < 4.78 is 0. The van der Waals surface area contributed by atoms with E-state index in [-0.39, 0.29) is 11.3 Å². The summed E-state index contributed by atoms with van der Waals surface area (Å²) in [5.41, 5.74) is 2.32. The third-order valence-electron chi connectivity index (χ3n) is 4.47. The fourth-order valence-electron chi connectivity index (χ4n) is 2.97. The van der Waals surface area contributed by atoms with Gasteiger partial charge in [0.15, 0.2) is 0 Å². The Kier molecular flexibility index (Phi) is 7.12. The molecule has 0 aliphatic carbocycles. The molecule has 31 heavy (non-hydrogen) atoms. The molecular formula is C24H20N4O3. The molecule has 1 N–H and O–H groups in total. The van der Waals surface area contributed by atoms with E-state index in [1.54, 1.807) is 6.20 Å². The normalized spacial score (nSPS) is 10.7. The molecule has 7 nitrogen and oxygen atoms in total. The Hall–Kier alpha value is -4.44. The number of nitriles is 1. The van der Waals surface area contributed by atoms with Crippen LogP contribution in [0.3, 0.4) is 0 Å². The minimum absolute atomic E-state index is 0.0646. The lowest BCUT2D eigenvalue weighted by molar-refractivity contribution is -0.384. The first kappa shape index (κ1) is 21.3. The van der Waals surface area contributed by atoms with Crippen molar-refractivity contribution in [2.45, 2.75) is 13.1 Å². The number of anilines is 1. The fraction of sp³-hybridized carbons (Fsp3) is 0.0833. The van der Waals surface area contributed by atoms with Crippen LogP contribution in [0, 0.1) is 21.4 Å². The molecule has 0 spiro atoms. The van der Waals surface area contributed by atoms with Gasteiger partial charge in [-0.05, 0) is 23.3 Å². The molecule has 0 fully saturated rings. The van der Waals surface area contributed by atoms with Gasteiger partial charge >= 0.3 is 0 Å². The summed E-state index contributed by atoms with van der Waals surface area (Å²) in [6.07, 6.45) is 1.54. The van der Waals surface area contributed by atoms with E-state index >= 15 is 0 Å². The molecule has 0 saturated carbocycles. The number of nitro benzene ring substituents is 1. The molecule has 0 aliphatic heterocycles. The summed E-state index contributed by atoms with van der Waals surface area (Å²) in [6, 6.07) is 26.9. The molecule has 0 heterocycles. The van der Waals surface area contributed by atoms with Crippen molar-refractivity contribution in [2.75, 3.05) is 5.32 Å². The second-order valence-electron chi connectivity index (χ2n) is 6.79. The van der Waals surface area contributed by atoms with Crippen LogP contribution in [0.4, 0.5) is 11.4 Å². The smallest absolute Gasteiger partial charge is 0.269 e. The quantitative estimate of drug-likeness (QED) is 0.251. The number of carbonyl (C=O) groups excluding carboxylic acids is 1. The molecule has 0 radical (unpaired) electrons. The second-order valence-corrected chi connectivity index (χ2v) is 6.79. The van der Waals surface area contributed by atoms with Crippen LogP contribution in [0.5, 0.6) is 0 Å². The van der Waals surface area contributed by atoms with Crippen molar-refractivity contribution in [1.29, 1.82) is 5.26 Å². The van der Waals surface area contributed by atoms with Gasteiger partial charge in [0.1, 0.15) is 11.6 Å². The topological polar surface area (TPSA) is 99.3 Å². The minimum atomic E-state index is -0.581. The molecule has 3 aromatic carbocycles. The van der Waals surface area contributed by atoms with E-state index < -0.39 is 10.8 Å². The van der Waals surface area contributed by atoms with E-state index in [2.05, 4.69) is 5.32 Å². The molecule has 3 rings (SSSR count). The average Bonchev–Trinajstić information content (AvgIpc) is 2.79. The predicted octanol–water partition coefficient (Wildman–Crippen LogP) is 4.64. The Morgan fingerprint density at radius 3 is 1.90 bits per heavy atom. The van der Waals surface area contributed by atoms with Crippen molar-refractivity contribution in [3.05, 3.63) is 118 Å². The monoisotopic (exact) mass is 412 g/mol. The highest BCUT2D eigenvalue weighted by Gasteiger charge is 2.13. The van der Waals surface area contributed by atoms with E-state index in [1.807, 2.05) is 71.6 Å². The number of rotatable bonds is 8. The SMILES string of the molecule is N#C/C(=C/N(Cc1ccccc1)Cc1ccccc1)C(=O)Nc1ccc([N+](=O)[O-])cc1. The maximum atomic E-state index is 12.6. The molecular weight excluding hydrogens is 392 g/mol. The number of carbonyl (C=O) groups is 1. The maximum Gasteiger partial charge on any atom is 0.269 e. The summed E-state index contributed by atoms with van der Waals surface area (Å²) >= 11 is 0. The highest BCUT2D eigenvalue weighted by molar-refractivity contribution is 6.06. The number of non-ortho nitro benzene ring substituents is 1. The Bertz CT molecular complexity index is 1060. The van der Waals surface area contributed by atoms with Gasteiger partial charge in [0.2, 0.25) is 0 Å². The van der Waals surface area contributed by atoms with E-state index in [1.165, 1.54) is 24.3 Å². The van der Waals surface area contributed by atoms with Gasteiger partial charge in [-0.15, -0.1) is 0 Å². The highest BCUT2D eigenvalue weighted by atomic mass is 16.6. The van der Waals surface area contributed by atoms with Crippen LogP contribution in [0.25, 0.3) is 0 Å². The average molecular weight is 412 g/mol. The van der Waals surface area contributed by atoms with Crippen LogP contribution in [0.15, 0.2) is 96.7 Å². The van der Waals surface area contributed by atoms with Crippen molar-refractivity contribution in [3.8, 4) is 6.07 Å². The minimum Gasteiger partial charge on any atom is -0.367 e. The molecule has 0 aliphatic rings. The number of nitrogens with zero attached hydrogens (tertiary/aromatic N) is 3. The molecule has 0 atom stereocenters. The van der Waals surface area contributed by atoms with Crippen LogP contribution in [0.2, 0.25) is 0 Å². The van der Waals surface area contributed by atoms with Crippen molar-refractivity contribution in [1.82, 2.24) is 4.90 Å². The maximum absolute atomic E-state index is 12.6. The lowest BCUT2D eigenvalue weighted by Gasteiger charge is -2.21. The molecule has 7 heteroatoms. The van der Waals surface area contributed by atoms with Gasteiger partial charge in [-0.25, -0.2) is 0 Å². The van der Waals surface area contributed by atoms with Gasteiger partial charge in [0, 0.05) is 37.1 Å². The van der Waals surface area contributed by atoms with E-state index in [0.717, 1.165) is 11.1 Å². The summed E-state index contributed by atoms with van der Waals surface area (Å²) in [5.74, 6) is -0.581. The van der Waals surface area contributed by atoms with Gasteiger partial charge in [0.05, 0.1) is 4.92 Å². The summed E-state index contributed by atoms with van der Waals surface area (Å²) in [7, 11) is 0. The summed E-state index contributed by atoms with van der Waals surface area (Å²) in [4.78, 5) is 24.8. The zero-order valence-corrected chi connectivity index (χ0v) is 16.6. The number of benzene rings is 3. The third-order valence-corrected chi connectivity index (χ3v) is 4.47. The van der Waals surface area contributed by atoms with Crippen LogP contribution in [-0.4, -0.2) is 15.7 Å². The molecule has 0 unspecified atom stereocenters. The van der Waals surface area contributed by atoms with E-state index in [9.17, 15) is 20.2 Å². The molecule has 0 saturated heterocycles. The predicted molar refractivity (Wildman–Crippen MR) is 118 cm³/mol. The lowest BCUT2D eigenvalue weighted by atomic mass is 10.1. The Morgan fingerprint density at radius 2 is 1.45 bits per heavy atom. The number of nitro groups is 1. The third kappa shape index (κ3) is 6.27.